The number of ether oxygens (including phenoxy) is 2. The Morgan fingerprint density at radius 1 is 1.15 bits per heavy atom. The van der Waals surface area contributed by atoms with E-state index < -0.39 is 0 Å². The van der Waals surface area contributed by atoms with Crippen molar-refractivity contribution in [2.75, 3.05) is 50.2 Å². The second-order valence-electron chi connectivity index (χ2n) is 8.48. The molecule has 0 saturated carbocycles. The highest BCUT2D eigenvalue weighted by atomic mass is 16.5. The third kappa shape index (κ3) is 3.57. The number of nitrogens with one attached hydrogen (secondary N) is 1. The zero-order chi connectivity index (χ0) is 22.4. The van der Waals surface area contributed by atoms with Gasteiger partial charge in [-0.2, -0.15) is 0 Å². The van der Waals surface area contributed by atoms with Crippen molar-refractivity contribution in [3.63, 3.8) is 0 Å². The third-order valence-electron chi connectivity index (χ3n) is 6.39. The number of pyridine rings is 1. The largest absolute Gasteiger partial charge is 0.378 e. The first-order valence-corrected chi connectivity index (χ1v) is 11.4. The lowest BCUT2D eigenvalue weighted by molar-refractivity contribution is 0.0982. The average Bonchev–Trinajstić information content (AvgIpc) is 3.59. The first-order chi connectivity index (χ1) is 16.2. The van der Waals surface area contributed by atoms with Gasteiger partial charge < -0.3 is 24.3 Å². The van der Waals surface area contributed by atoms with E-state index in [1.165, 1.54) is 0 Å². The lowest BCUT2D eigenvalue weighted by Gasteiger charge is -2.27. The number of hydrogen-bond donors (Lipinski definition) is 1. The zero-order valence-corrected chi connectivity index (χ0v) is 18.9. The van der Waals surface area contributed by atoms with E-state index in [1.54, 1.807) is 0 Å². The molecule has 0 unspecified atom stereocenters. The van der Waals surface area contributed by atoms with Crippen LogP contribution in [0.4, 0.5) is 11.6 Å². The van der Waals surface area contributed by atoms with Crippen LogP contribution >= 0.6 is 0 Å². The number of fused-ring (bicyclic) bond motifs is 2. The quantitative estimate of drug-likeness (QED) is 0.489. The number of morpholine rings is 1. The van der Waals surface area contributed by atoms with Gasteiger partial charge in [-0.3, -0.25) is 4.40 Å². The molecular weight excluding hydrogens is 422 g/mol. The van der Waals surface area contributed by atoms with Gasteiger partial charge in [0.25, 0.3) is 0 Å². The van der Waals surface area contributed by atoms with Gasteiger partial charge >= 0.3 is 0 Å². The predicted octanol–water partition coefficient (Wildman–Crippen LogP) is 1.90. The van der Waals surface area contributed by atoms with Gasteiger partial charge in [0.15, 0.2) is 11.6 Å². The summed E-state index contributed by atoms with van der Waals surface area (Å²) in [5.74, 6) is 3.19. The molecule has 0 bridgehead atoms. The van der Waals surface area contributed by atoms with Gasteiger partial charge in [-0.15, -0.1) is 10.2 Å². The highest BCUT2D eigenvalue weighted by Crippen LogP contribution is 2.29. The summed E-state index contributed by atoms with van der Waals surface area (Å²) in [4.78, 5) is 16.8. The first kappa shape index (κ1) is 20.3. The molecule has 2 saturated heterocycles. The van der Waals surface area contributed by atoms with E-state index in [0.29, 0.717) is 18.0 Å². The molecule has 0 aromatic carbocycles. The van der Waals surface area contributed by atoms with Gasteiger partial charge in [0.1, 0.15) is 22.9 Å². The van der Waals surface area contributed by atoms with Crippen LogP contribution in [0.1, 0.15) is 18.7 Å². The molecular formula is C22H27N9O2. The van der Waals surface area contributed by atoms with Crippen molar-refractivity contribution < 1.29 is 9.47 Å². The summed E-state index contributed by atoms with van der Waals surface area (Å²) in [5, 5.41) is 11.6. The maximum atomic E-state index is 5.99. The van der Waals surface area contributed by atoms with Crippen LogP contribution in [0.5, 0.6) is 0 Å². The molecule has 0 amide bonds. The van der Waals surface area contributed by atoms with Crippen molar-refractivity contribution in [3.05, 3.63) is 24.3 Å². The van der Waals surface area contributed by atoms with E-state index in [0.717, 1.165) is 79.9 Å². The number of anilines is 2. The molecule has 4 aromatic rings. The molecule has 1 N–H and O–H groups in total. The van der Waals surface area contributed by atoms with Crippen LogP contribution in [-0.4, -0.2) is 80.2 Å². The van der Waals surface area contributed by atoms with Crippen molar-refractivity contribution in [3.8, 4) is 11.5 Å². The minimum absolute atomic E-state index is 0.158. The van der Waals surface area contributed by atoms with Gasteiger partial charge in [0, 0.05) is 39.0 Å². The van der Waals surface area contributed by atoms with Crippen molar-refractivity contribution in [1.29, 1.82) is 0 Å². The molecule has 6 rings (SSSR count). The lowest BCUT2D eigenvalue weighted by Crippen LogP contribution is -2.36. The molecule has 11 nitrogen and oxygen atoms in total. The SMILES string of the molecule is CNc1nc(-c2nc3cnc(N4CCOCC4)cc3n2C[C@H]2CCCO2)cn2c(C)nnc12. The first-order valence-electron chi connectivity index (χ1n) is 11.4. The summed E-state index contributed by atoms with van der Waals surface area (Å²) in [6.07, 6.45) is 6.09. The number of imidazole rings is 1. The Morgan fingerprint density at radius 2 is 2.03 bits per heavy atom. The summed E-state index contributed by atoms with van der Waals surface area (Å²) in [6, 6.07) is 2.13. The fourth-order valence-electron chi connectivity index (χ4n) is 4.64. The van der Waals surface area contributed by atoms with Gasteiger partial charge in [0.05, 0.1) is 37.6 Å². The fourth-order valence-corrected chi connectivity index (χ4v) is 4.64. The fraction of sp³-hybridized carbons (Fsp3) is 0.500. The van der Waals surface area contributed by atoms with Crippen LogP contribution in [0.2, 0.25) is 0 Å². The Morgan fingerprint density at radius 3 is 2.82 bits per heavy atom. The van der Waals surface area contributed by atoms with Crippen molar-refractivity contribution in [1.82, 2.24) is 34.1 Å². The zero-order valence-electron chi connectivity index (χ0n) is 18.9. The third-order valence-corrected chi connectivity index (χ3v) is 6.39. The van der Waals surface area contributed by atoms with Gasteiger partial charge in [-0.25, -0.2) is 15.0 Å². The molecule has 1 atom stereocenters. The maximum Gasteiger partial charge on any atom is 0.203 e. The topological polar surface area (TPSA) is 108 Å². The normalized spacial score (nSPS) is 19.1. The number of aryl methyl sites for hydroxylation is 1. The summed E-state index contributed by atoms with van der Waals surface area (Å²) >= 11 is 0. The highest BCUT2D eigenvalue weighted by molar-refractivity contribution is 5.82. The number of nitrogens with zero attached hydrogens (tertiary/aromatic N) is 8. The second-order valence-corrected chi connectivity index (χ2v) is 8.48. The van der Waals surface area contributed by atoms with E-state index in [-0.39, 0.29) is 6.10 Å². The molecule has 2 fully saturated rings. The molecule has 0 radical (unpaired) electrons. The average molecular weight is 450 g/mol. The van der Waals surface area contributed by atoms with E-state index in [4.69, 9.17) is 24.4 Å². The molecule has 2 aliphatic rings. The Balaban J connectivity index is 1.51. The number of aromatic nitrogens is 7. The van der Waals surface area contributed by atoms with E-state index >= 15 is 0 Å². The maximum absolute atomic E-state index is 5.99. The van der Waals surface area contributed by atoms with Crippen LogP contribution < -0.4 is 10.2 Å². The molecule has 33 heavy (non-hydrogen) atoms. The molecule has 11 heteroatoms. The Kier molecular flexibility index (Phi) is 5.07. The van der Waals surface area contributed by atoms with Gasteiger partial charge in [-0.1, -0.05) is 0 Å². The summed E-state index contributed by atoms with van der Waals surface area (Å²) in [5.41, 5.74) is 3.31. The van der Waals surface area contributed by atoms with Crippen LogP contribution in [-0.2, 0) is 16.0 Å². The highest BCUT2D eigenvalue weighted by Gasteiger charge is 2.24. The predicted molar refractivity (Wildman–Crippen MR) is 124 cm³/mol. The van der Waals surface area contributed by atoms with Crippen molar-refractivity contribution in [2.24, 2.45) is 0 Å². The molecule has 4 aromatic heterocycles. The lowest BCUT2D eigenvalue weighted by atomic mass is 10.2. The second kappa shape index (κ2) is 8.23. The van der Waals surface area contributed by atoms with E-state index in [1.807, 2.05) is 30.8 Å². The monoisotopic (exact) mass is 449 g/mol. The van der Waals surface area contributed by atoms with E-state index in [2.05, 4.69) is 31.0 Å². The van der Waals surface area contributed by atoms with E-state index in [9.17, 15) is 0 Å². The Labute approximate surface area is 190 Å². The molecule has 0 aliphatic carbocycles. The Hall–Kier alpha value is -3.31. The molecule has 172 valence electrons. The minimum atomic E-state index is 0.158. The van der Waals surface area contributed by atoms with Crippen LogP contribution in [0, 0.1) is 6.92 Å². The Bertz CT molecular complexity index is 1300. The van der Waals surface area contributed by atoms with Crippen molar-refractivity contribution >= 4 is 28.3 Å². The van der Waals surface area contributed by atoms with Crippen molar-refractivity contribution in [2.45, 2.75) is 32.4 Å². The summed E-state index contributed by atoms with van der Waals surface area (Å²) in [6.45, 7) is 6.56. The summed E-state index contributed by atoms with van der Waals surface area (Å²) < 4.78 is 15.7. The van der Waals surface area contributed by atoms with Gasteiger partial charge in [0.2, 0.25) is 5.65 Å². The smallest absolute Gasteiger partial charge is 0.203 e. The molecule has 6 heterocycles. The molecule has 0 spiro atoms. The standard InChI is InChI=1S/C22H27N9O2/c1-14-27-28-22-20(23-2)25-17(13-30(14)22)21-26-16-11-24-19(29-5-8-32-9-6-29)10-18(16)31(21)12-15-4-3-7-33-15/h10-11,13,15H,3-9,12H2,1-2H3,(H,23,25)/t15-/m1/s1. The number of hydrogen-bond acceptors (Lipinski definition) is 9. The number of rotatable bonds is 5. The summed E-state index contributed by atoms with van der Waals surface area (Å²) in [7, 11) is 1.84. The van der Waals surface area contributed by atoms with Crippen LogP contribution in [0.15, 0.2) is 18.5 Å². The van der Waals surface area contributed by atoms with Gasteiger partial charge in [-0.05, 0) is 19.8 Å². The van der Waals surface area contributed by atoms with Crippen LogP contribution in [0.25, 0.3) is 28.2 Å². The minimum Gasteiger partial charge on any atom is -0.378 e. The molecule has 2 aliphatic heterocycles. The van der Waals surface area contributed by atoms with Crippen LogP contribution in [0.3, 0.4) is 0 Å².